The molecule has 1 N–H and O–H groups in total. The molecule has 0 aromatic rings. The number of hydrogen-bond acceptors (Lipinski definition) is 4. The van der Waals surface area contributed by atoms with Gasteiger partial charge in [0.25, 0.3) is 0 Å². The lowest BCUT2D eigenvalue weighted by Gasteiger charge is -2.55. The zero-order valence-electron chi connectivity index (χ0n) is 11.3. The first-order valence-electron chi connectivity index (χ1n) is 6.35. The number of nitrogens with zero attached hydrogens (tertiary/aromatic N) is 1. The van der Waals surface area contributed by atoms with Crippen LogP contribution < -0.4 is 5.32 Å². The van der Waals surface area contributed by atoms with Gasteiger partial charge in [-0.15, -0.1) is 0 Å². The van der Waals surface area contributed by atoms with Crippen LogP contribution in [-0.4, -0.2) is 55.0 Å². The van der Waals surface area contributed by atoms with Crippen LogP contribution in [0.1, 0.15) is 34.1 Å². The first-order chi connectivity index (χ1) is 7.64. The van der Waals surface area contributed by atoms with E-state index in [1.165, 1.54) is 0 Å². The third kappa shape index (κ3) is 2.51. The fourth-order valence-corrected chi connectivity index (χ4v) is 5.33. The van der Waals surface area contributed by atoms with Gasteiger partial charge in [-0.25, -0.2) is 8.42 Å². The molecule has 2 heterocycles. The second-order valence-electron chi connectivity index (χ2n) is 6.66. The molecular formula is C12H24N2O2S. The maximum absolute atomic E-state index is 11.7. The first-order valence-corrected chi connectivity index (χ1v) is 8.17. The monoisotopic (exact) mass is 260 g/mol. The Kier molecular flexibility index (Phi) is 3.08. The Hall–Kier alpha value is -0.130. The summed E-state index contributed by atoms with van der Waals surface area (Å²) in [5.74, 6) is 0.688. The molecule has 0 radical (unpaired) electrons. The minimum absolute atomic E-state index is 0.0201. The summed E-state index contributed by atoms with van der Waals surface area (Å²) in [7, 11) is -2.81. The van der Waals surface area contributed by atoms with Gasteiger partial charge in [0.05, 0.1) is 11.5 Å². The molecular weight excluding hydrogens is 236 g/mol. The van der Waals surface area contributed by atoms with Gasteiger partial charge in [-0.2, -0.15) is 0 Å². The van der Waals surface area contributed by atoms with Crippen LogP contribution in [-0.2, 0) is 9.84 Å². The summed E-state index contributed by atoms with van der Waals surface area (Å²) in [5, 5.41) is 3.45. The van der Waals surface area contributed by atoms with Gasteiger partial charge in [0.1, 0.15) is 0 Å². The van der Waals surface area contributed by atoms with E-state index < -0.39 is 9.84 Å². The van der Waals surface area contributed by atoms with Crippen LogP contribution in [0.4, 0.5) is 0 Å². The van der Waals surface area contributed by atoms with E-state index >= 15 is 0 Å². The van der Waals surface area contributed by atoms with Crippen LogP contribution in [0.15, 0.2) is 0 Å². The predicted octanol–water partition coefficient (Wildman–Crippen LogP) is 0.636. The van der Waals surface area contributed by atoms with Gasteiger partial charge < -0.3 is 5.32 Å². The second kappa shape index (κ2) is 3.93. The van der Waals surface area contributed by atoms with Gasteiger partial charge >= 0.3 is 0 Å². The fourth-order valence-electron chi connectivity index (χ4n) is 3.63. The van der Waals surface area contributed by atoms with Crippen LogP contribution in [0.2, 0.25) is 0 Å². The topological polar surface area (TPSA) is 49.4 Å². The summed E-state index contributed by atoms with van der Waals surface area (Å²) in [5.41, 5.74) is 0.0402. The normalized spacial score (nSPS) is 35.9. The molecule has 0 spiro atoms. The Morgan fingerprint density at radius 3 is 2.06 bits per heavy atom. The highest BCUT2D eigenvalue weighted by Gasteiger charge is 2.47. The summed E-state index contributed by atoms with van der Waals surface area (Å²) in [6.45, 7) is 10.6. The molecule has 2 fully saturated rings. The SMILES string of the molecule is CC1(C)CNCC(C)(C)N1C1CCS(=O)(=O)C1. The van der Waals surface area contributed by atoms with Gasteiger partial charge in [0, 0.05) is 30.2 Å². The van der Waals surface area contributed by atoms with E-state index in [2.05, 4.69) is 37.9 Å². The van der Waals surface area contributed by atoms with E-state index in [9.17, 15) is 8.42 Å². The molecule has 2 rings (SSSR count). The van der Waals surface area contributed by atoms with Crippen molar-refractivity contribution in [3.63, 3.8) is 0 Å². The summed E-state index contributed by atoms with van der Waals surface area (Å²) >= 11 is 0. The number of hydrogen-bond donors (Lipinski definition) is 1. The molecule has 1 atom stereocenters. The minimum atomic E-state index is -2.81. The van der Waals surface area contributed by atoms with E-state index in [-0.39, 0.29) is 17.1 Å². The molecule has 17 heavy (non-hydrogen) atoms. The second-order valence-corrected chi connectivity index (χ2v) is 8.88. The Balaban J connectivity index is 2.27. The van der Waals surface area contributed by atoms with Gasteiger partial charge in [-0.05, 0) is 34.1 Å². The summed E-state index contributed by atoms with van der Waals surface area (Å²) in [6.07, 6.45) is 0.787. The van der Waals surface area contributed by atoms with Crippen molar-refractivity contribution in [3.8, 4) is 0 Å². The third-order valence-corrected chi connectivity index (χ3v) is 5.74. The average Bonchev–Trinajstić information content (AvgIpc) is 2.42. The highest BCUT2D eigenvalue weighted by molar-refractivity contribution is 7.91. The fraction of sp³-hybridized carbons (Fsp3) is 1.00. The Bertz CT molecular complexity index is 385. The molecule has 0 bridgehead atoms. The lowest BCUT2D eigenvalue weighted by Crippen LogP contribution is -2.70. The summed E-state index contributed by atoms with van der Waals surface area (Å²) in [4.78, 5) is 2.43. The van der Waals surface area contributed by atoms with E-state index in [1.54, 1.807) is 0 Å². The quantitative estimate of drug-likeness (QED) is 0.751. The maximum Gasteiger partial charge on any atom is 0.151 e. The van der Waals surface area contributed by atoms with E-state index in [1.807, 2.05) is 0 Å². The summed E-state index contributed by atoms with van der Waals surface area (Å²) < 4.78 is 23.3. The molecule has 2 aliphatic rings. The van der Waals surface area contributed by atoms with Crippen LogP contribution in [0.3, 0.4) is 0 Å². The maximum atomic E-state index is 11.7. The molecule has 100 valence electrons. The zero-order valence-corrected chi connectivity index (χ0v) is 12.1. The van der Waals surface area contributed by atoms with E-state index in [4.69, 9.17) is 0 Å². The Labute approximate surface area is 105 Å². The molecule has 5 heteroatoms. The van der Waals surface area contributed by atoms with Crippen molar-refractivity contribution in [1.82, 2.24) is 10.2 Å². The molecule has 4 nitrogen and oxygen atoms in total. The lowest BCUT2D eigenvalue weighted by atomic mass is 9.86. The largest absolute Gasteiger partial charge is 0.313 e. The van der Waals surface area contributed by atoms with Crippen LogP contribution >= 0.6 is 0 Å². The summed E-state index contributed by atoms with van der Waals surface area (Å²) in [6, 6.07) is 0.187. The van der Waals surface area contributed by atoms with Crippen molar-refractivity contribution in [3.05, 3.63) is 0 Å². The lowest BCUT2D eigenvalue weighted by molar-refractivity contribution is -0.0412. The van der Waals surface area contributed by atoms with Crippen molar-refractivity contribution >= 4 is 9.84 Å². The third-order valence-electron chi connectivity index (χ3n) is 3.99. The van der Waals surface area contributed by atoms with E-state index in [0.717, 1.165) is 19.5 Å². The van der Waals surface area contributed by atoms with Crippen LogP contribution in [0, 0.1) is 0 Å². The first kappa shape index (κ1) is 13.3. The molecule has 0 aromatic heterocycles. The molecule has 0 aromatic carbocycles. The number of sulfone groups is 1. The van der Waals surface area contributed by atoms with Gasteiger partial charge in [0.15, 0.2) is 9.84 Å². The average molecular weight is 260 g/mol. The molecule has 2 aliphatic heterocycles. The molecule has 1 unspecified atom stereocenters. The number of rotatable bonds is 1. The van der Waals surface area contributed by atoms with Gasteiger partial charge in [0.2, 0.25) is 0 Å². The molecule has 0 aliphatic carbocycles. The van der Waals surface area contributed by atoms with E-state index in [0.29, 0.717) is 11.5 Å². The van der Waals surface area contributed by atoms with Crippen molar-refractivity contribution in [2.75, 3.05) is 24.6 Å². The van der Waals surface area contributed by atoms with Gasteiger partial charge in [-0.3, -0.25) is 4.90 Å². The van der Waals surface area contributed by atoms with Crippen molar-refractivity contribution < 1.29 is 8.42 Å². The highest BCUT2D eigenvalue weighted by Crippen LogP contribution is 2.34. The van der Waals surface area contributed by atoms with Crippen molar-refractivity contribution in [2.45, 2.75) is 51.2 Å². The predicted molar refractivity (Wildman–Crippen MR) is 69.9 cm³/mol. The standard InChI is InChI=1S/C12H24N2O2S/c1-11(2)8-13-9-12(3,4)14(11)10-5-6-17(15,16)7-10/h10,13H,5-9H2,1-4H3. The van der Waals surface area contributed by atoms with Crippen LogP contribution in [0.25, 0.3) is 0 Å². The minimum Gasteiger partial charge on any atom is -0.313 e. The highest BCUT2D eigenvalue weighted by atomic mass is 32.2. The Morgan fingerprint density at radius 1 is 1.12 bits per heavy atom. The number of piperazine rings is 1. The zero-order chi connectivity index (χ0) is 12.9. The smallest absolute Gasteiger partial charge is 0.151 e. The molecule has 0 amide bonds. The molecule has 2 saturated heterocycles. The van der Waals surface area contributed by atoms with Crippen molar-refractivity contribution in [2.24, 2.45) is 0 Å². The van der Waals surface area contributed by atoms with Gasteiger partial charge in [-0.1, -0.05) is 0 Å². The molecule has 0 saturated carbocycles. The van der Waals surface area contributed by atoms with Crippen LogP contribution in [0.5, 0.6) is 0 Å². The van der Waals surface area contributed by atoms with Crippen molar-refractivity contribution in [1.29, 1.82) is 0 Å². The number of nitrogens with one attached hydrogen (secondary N) is 1. The Morgan fingerprint density at radius 2 is 1.65 bits per heavy atom.